The Morgan fingerprint density at radius 1 is 1.23 bits per heavy atom. The van der Waals surface area contributed by atoms with Crippen molar-refractivity contribution < 1.29 is 17.9 Å². The first-order valence-corrected chi connectivity index (χ1v) is 12.2. The summed E-state index contributed by atoms with van der Waals surface area (Å²) < 4.78 is 52.6. The van der Waals surface area contributed by atoms with Gasteiger partial charge in [-0.2, -0.15) is 18.3 Å². The van der Waals surface area contributed by atoms with Crippen LogP contribution >= 0.6 is 11.3 Å². The molecule has 186 valence electrons. The van der Waals surface area contributed by atoms with Gasteiger partial charge in [-0.25, -0.2) is 15.0 Å². The lowest BCUT2D eigenvalue weighted by atomic mass is 10.1. The van der Waals surface area contributed by atoms with E-state index in [0.717, 1.165) is 17.8 Å². The molecule has 0 radical (unpaired) electrons. The topological polar surface area (TPSA) is 73.9 Å². The smallest absolute Gasteiger partial charge is 0.384 e. The minimum atomic E-state index is -4.61. The van der Waals surface area contributed by atoms with Crippen LogP contribution in [-0.2, 0) is 18.0 Å². The highest BCUT2D eigenvalue weighted by Crippen LogP contribution is 2.49. The van der Waals surface area contributed by atoms with Gasteiger partial charge in [-0.1, -0.05) is 0 Å². The zero-order valence-corrected chi connectivity index (χ0v) is 20.7. The summed E-state index contributed by atoms with van der Waals surface area (Å²) in [5, 5.41) is 4.45. The monoisotopic (exact) mass is 505 g/mol. The van der Waals surface area contributed by atoms with Crippen LogP contribution in [0.25, 0.3) is 32.4 Å². The average Bonchev–Trinajstić information content (AvgIpc) is 3.57. The number of fused-ring (bicyclic) bond motifs is 1. The largest absolute Gasteiger partial charge is 0.418 e. The zero-order chi connectivity index (χ0) is 24.9. The maximum Gasteiger partial charge on any atom is 0.418 e. The molecule has 1 atom stereocenters. The fourth-order valence-corrected chi connectivity index (χ4v) is 5.64. The van der Waals surface area contributed by atoms with E-state index < -0.39 is 11.7 Å². The summed E-state index contributed by atoms with van der Waals surface area (Å²) >= 11 is 0.995. The van der Waals surface area contributed by atoms with Crippen molar-refractivity contribution in [1.29, 1.82) is 0 Å². The molecule has 0 saturated carbocycles. The summed E-state index contributed by atoms with van der Waals surface area (Å²) in [5.74, 6) is 1.29. The van der Waals surface area contributed by atoms with Gasteiger partial charge in [0.15, 0.2) is 11.6 Å². The van der Waals surface area contributed by atoms with Gasteiger partial charge in [-0.05, 0) is 26.3 Å². The molecule has 1 aliphatic rings. The molecule has 5 rings (SSSR count). The summed E-state index contributed by atoms with van der Waals surface area (Å²) in [7, 11) is 3.44. The van der Waals surface area contributed by atoms with Crippen molar-refractivity contribution in [3.63, 3.8) is 0 Å². The molecule has 0 bridgehead atoms. The number of rotatable bonds is 6. The van der Waals surface area contributed by atoms with E-state index in [1.807, 2.05) is 18.7 Å². The fourth-order valence-electron chi connectivity index (χ4n) is 4.49. The summed E-state index contributed by atoms with van der Waals surface area (Å²) in [6.07, 6.45) is 1.28. The Hall–Kier alpha value is -2.99. The number of nitrogens with zero attached hydrogens (tertiary/aromatic N) is 7. The number of ether oxygens (including phenoxy) is 1. The van der Waals surface area contributed by atoms with Gasteiger partial charge >= 0.3 is 6.18 Å². The second-order valence-electron chi connectivity index (χ2n) is 9.05. The van der Waals surface area contributed by atoms with E-state index in [1.165, 1.54) is 0 Å². The highest BCUT2D eigenvalue weighted by Gasteiger charge is 2.41. The van der Waals surface area contributed by atoms with Crippen LogP contribution in [0.15, 0.2) is 24.7 Å². The highest BCUT2D eigenvalue weighted by molar-refractivity contribution is 7.22. The van der Waals surface area contributed by atoms with E-state index in [9.17, 15) is 13.2 Å². The van der Waals surface area contributed by atoms with E-state index in [2.05, 4.69) is 20.1 Å². The molecule has 12 heteroatoms. The van der Waals surface area contributed by atoms with Crippen LogP contribution in [0.3, 0.4) is 0 Å². The van der Waals surface area contributed by atoms with Crippen LogP contribution < -0.4 is 4.90 Å². The van der Waals surface area contributed by atoms with Crippen molar-refractivity contribution in [2.24, 2.45) is 13.0 Å². The highest BCUT2D eigenvalue weighted by atomic mass is 32.1. The SMILES string of the molecule is COCC1CCN(c2nc(-c3nccn3C)nc3sc(-c4ccn(C(C)C)n4)c(C(F)(F)F)c23)C1. The zero-order valence-electron chi connectivity index (χ0n) is 19.9. The lowest BCUT2D eigenvalue weighted by molar-refractivity contribution is -0.135. The fraction of sp³-hybridized carbons (Fsp3) is 0.478. The second kappa shape index (κ2) is 8.90. The Morgan fingerprint density at radius 3 is 2.66 bits per heavy atom. The number of aryl methyl sites for hydroxylation is 1. The Bertz CT molecular complexity index is 1360. The van der Waals surface area contributed by atoms with Gasteiger partial charge < -0.3 is 14.2 Å². The van der Waals surface area contributed by atoms with Crippen LogP contribution in [-0.4, -0.2) is 56.1 Å². The maximum atomic E-state index is 14.6. The normalized spacial score (nSPS) is 16.8. The molecule has 4 aromatic heterocycles. The number of anilines is 1. The third-order valence-corrected chi connectivity index (χ3v) is 7.30. The van der Waals surface area contributed by atoms with Gasteiger partial charge in [0, 0.05) is 57.8 Å². The van der Waals surface area contributed by atoms with Crippen LogP contribution in [0.4, 0.5) is 19.0 Å². The lowest BCUT2D eigenvalue weighted by Gasteiger charge is -2.20. The second-order valence-corrected chi connectivity index (χ2v) is 10.0. The van der Waals surface area contributed by atoms with Gasteiger partial charge in [0.1, 0.15) is 16.3 Å². The Labute approximate surface area is 204 Å². The van der Waals surface area contributed by atoms with Gasteiger partial charge in [-0.15, -0.1) is 11.3 Å². The summed E-state index contributed by atoms with van der Waals surface area (Å²) in [6.45, 7) is 5.55. The van der Waals surface area contributed by atoms with E-state index in [4.69, 9.17) is 4.74 Å². The number of halogens is 3. The quantitative estimate of drug-likeness (QED) is 0.366. The molecule has 8 nitrogen and oxygen atoms in total. The average molecular weight is 506 g/mol. The van der Waals surface area contributed by atoms with E-state index in [-0.39, 0.29) is 38.6 Å². The third-order valence-electron chi connectivity index (χ3n) is 6.19. The van der Waals surface area contributed by atoms with Gasteiger partial charge in [0.25, 0.3) is 0 Å². The first kappa shape index (κ1) is 23.7. The van der Waals surface area contributed by atoms with Crippen molar-refractivity contribution >= 4 is 27.4 Å². The minimum Gasteiger partial charge on any atom is -0.384 e. The van der Waals surface area contributed by atoms with Crippen LogP contribution in [0.2, 0.25) is 0 Å². The van der Waals surface area contributed by atoms with E-state index in [0.29, 0.717) is 31.3 Å². The van der Waals surface area contributed by atoms with Gasteiger partial charge in [0.2, 0.25) is 0 Å². The summed E-state index contributed by atoms with van der Waals surface area (Å²) in [5.41, 5.74) is -0.458. The van der Waals surface area contributed by atoms with Crippen molar-refractivity contribution in [3.05, 3.63) is 30.2 Å². The first-order valence-electron chi connectivity index (χ1n) is 11.4. The standard InChI is InChI=1S/C23H26F3N7OS/c1-13(2)33-9-6-15(30-33)18-17(23(24,25)26)16-20(32-8-5-14(11-32)12-34-4)28-19(29-22(16)35-18)21-27-7-10-31(21)3/h6-7,9-10,13-14H,5,8,11-12H2,1-4H3. The van der Waals surface area contributed by atoms with Crippen molar-refractivity contribution in [3.8, 4) is 22.2 Å². The van der Waals surface area contributed by atoms with Crippen molar-refractivity contribution in [1.82, 2.24) is 29.3 Å². The Kier molecular flexibility index (Phi) is 6.04. The third kappa shape index (κ3) is 4.29. The van der Waals surface area contributed by atoms with Crippen molar-refractivity contribution in [2.45, 2.75) is 32.5 Å². The number of imidazole rings is 1. The molecule has 35 heavy (non-hydrogen) atoms. The molecule has 1 fully saturated rings. The molecule has 0 aromatic carbocycles. The Morgan fingerprint density at radius 2 is 2.03 bits per heavy atom. The minimum absolute atomic E-state index is 0.0209. The molecular weight excluding hydrogens is 479 g/mol. The predicted octanol–water partition coefficient (Wildman–Crippen LogP) is 5.03. The summed E-state index contributed by atoms with van der Waals surface area (Å²) in [6, 6.07) is 1.65. The molecule has 5 heterocycles. The van der Waals surface area contributed by atoms with E-state index in [1.54, 1.807) is 48.1 Å². The molecule has 1 unspecified atom stereocenters. The number of aromatic nitrogens is 6. The molecule has 0 spiro atoms. The number of hydrogen-bond donors (Lipinski definition) is 0. The maximum absolute atomic E-state index is 14.6. The summed E-state index contributed by atoms with van der Waals surface area (Å²) in [4.78, 5) is 15.8. The molecule has 1 saturated heterocycles. The van der Waals surface area contributed by atoms with Crippen LogP contribution in [0.5, 0.6) is 0 Å². The van der Waals surface area contributed by atoms with Crippen molar-refractivity contribution in [2.75, 3.05) is 31.7 Å². The van der Waals surface area contributed by atoms with E-state index >= 15 is 0 Å². The lowest BCUT2D eigenvalue weighted by Crippen LogP contribution is -2.23. The molecular formula is C23H26F3N7OS. The van der Waals surface area contributed by atoms with Crippen LogP contribution in [0.1, 0.15) is 31.9 Å². The molecule has 0 amide bonds. The first-order chi connectivity index (χ1) is 16.7. The molecule has 0 aliphatic carbocycles. The van der Waals surface area contributed by atoms with Crippen LogP contribution in [0, 0.1) is 5.92 Å². The Balaban J connectivity index is 1.76. The van der Waals surface area contributed by atoms with Gasteiger partial charge in [-0.3, -0.25) is 4.68 Å². The number of methoxy groups -OCH3 is 1. The molecule has 0 N–H and O–H groups in total. The number of alkyl halides is 3. The number of hydrogen-bond acceptors (Lipinski definition) is 7. The predicted molar refractivity (Wildman–Crippen MR) is 128 cm³/mol. The molecule has 4 aromatic rings. The molecule has 1 aliphatic heterocycles. The van der Waals surface area contributed by atoms with Gasteiger partial charge in [0.05, 0.1) is 22.4 Å². The number of thiophene rings is 1.